The molecule has 0 aliphatic carbocycles. The first-order valence-corrected chi connectivity index (χ1v) is 13.0. The van der Waals surface area contributed by atoms with E-state index in [1.807, 2.05) is 36.6 Å². The van der Waals surface area contributed by atoms with Crippen molar-refractivity contribution in [3.8, 4) is 23.7 Å². The summed E-state index contributed by atoms with van der Waals surface area (Å²) < 4.78 is 5.46. The molecule has 0 saturated heterocycles. The Labute approximate surface area is 172 Å². The fourth-order valence-electron chi connectivity index (χ4n) is 3.23. The first-order valence-electron chi connectivity index (χ1n) is 9.55. The second kappa shape index (κ2) is 7.84. The Hall–Kier alpha value is -3.53. The third-order valence-corrected chi connectivity index (χ3v) is 6.71. The fourth-order valence-corrected chi connectivity index (χ4v) is 4.59. The van der Waals surface area contributed by atoms with Gasteiger partial charge in [0.1, 0.15) is 6.26 Å². The summed E-state index contributed by atoms with van der Waals surface area (Å²) in [6, 6.07) is 16.2. The Morgan fingerprint density at radius 2 is 1.45 bits per heavy atom. The van der Waals surface area contributed by atoms with Crippen molar-refractivity contribution in [2.75, 3.05) is 0 Å². The summed E-state index contributed by atoms with van der Waals surface area (Å²) in [5, 5.41) is 3.46. The number of furan rings is 1. The smallest absolute Gasteiger partial charge is 0.106 e. The molecule has 0 spiro atoms. The van der Waals surface area contributed by atoms with Gasteiger partial charge in [-0.2, -0.15) is 0 Å². The van der Waals surface area contributed by atoms with Crippen molar-refractivity contribution in [2.24, 2.45) is 0 Å². The maximum absolute atomic E-state index is 5.46. The van der Waals surface area contributed by atoms with Crippen LogP contribution in [0.2, 0.25) is 19.6 Å². The van der Waals surface area contributed by atoms with Gasteiger partial charge < -0.3 is 4.42 Å². The van der Waals surface area contributed by atoms with Gasteiger partial charge in [0.05, 0.1) is 19.9 Å². The molecule has 29 heavy (non-hydrogen) atoms. The van der Waals surface area contributed by atoms with Crippen LogP contribution in [0.15, 0.2) is 77.9 Å². The van der Waals surface area contributed by atoms with E-state index >= 15 is 0 Å². The molecule has 0 aliphatic rings. The standard InChI is InChI=1S/C26H21NOSi/c1-29(2,3)25-19-28-18-24(25)15-14-23-11-5-9-21-8-4-10-22(26(21)23)13-12-20-7-6-16-27-17-20/h4-11,16-19H,1-3H3. The molecule has 3 heteroatoms. The molecule has 0 amide bonds. The molecule has 0 unspecified atom stereocenters. The van der Waals surface area contributed by atoms with Crippen LogP contribution in [0, 0.1) is 23.7 Å². The van der Waals surface area contributed by atoms with Crippen molar-refractivity contribution < 1.29 is 4.42 Å². The van der Waals surface area contributed by atoms with E-state index in [0.717, 1.165) is 33.0 Å². The first-order chi connectivity index (χ1) is 14.0. The maximum Gasteiger partial charge on any atom is 0.106 e. The summed E-state index contributed by atoms with van der Waals surface area (Å²) in [6.07, 6.45) is 7.13. The van der Waals surface area contributed by atoms with Crippen molar-refractivity contribution in [3.05, 3.63) is 95.7 Å². The molecular weight excluding hydrogens is 370 g/mol. The van der Waals surface area contributed by atoms with Crippen LogP contribution < -0.4 is 5.19 Å². The van der Waals surface area contributed by atoms with Crippen LogP contribution >= 0.6 is 0 Å². The van der Waals surface area contributed by atoms with E-state index in [2.05, 4.69) is 66.5 Å². The monoisotopic (exact) mass is 391 g/mol. The number of benzene rings is 2. The number of pyridine rings is 1. The summed E-state index contributed by atoms with van der Waals surface area (Å²) >= 11 is 0. The van der Waals surface area contributed by atoms with E-state index in [4.69, 9.17) is 4.42 Å². The second-order valence-corrected chi connectivity index (χ2v) is 12.9. The number of rotatable bonds is 1. The van der Waals surface area contributed by atoms with E-state index in [9.17, 15) is 0 Å². The zero-order chi connectivity index (χ0) is 20.3. The van der Waals surface area contributed by atoms with E-state index in [1.165, 1.54) is 5.19 Å². The normalized spacial score (nSPS) is 10.7. The summed E-state index contributed by atoms with van der Waals surface area (Å²) in [5.41, 5.74) is 3.82. The fraction of sp³-hybridized carbons (Fsp3) is 0.115. The van der Waals surface area contributed by atoms with Crippen LogP contribution in [0.5, 0.6) is 0 Å². The zero-order valence-corrected chi connectivity index (χ0v) is 17.8. The summed E-state index contributed by atoms with van der Waals surface area (Å²) in [6.45, 7) is 6.90. The molecule has 4 rings (SSSR count). The summed E-state index contributed by atoms with van der Waals surface area (Å²) in [7, 11) is -1.50. The van der Waals surface area contributed by atoms with Gasteiger partial charge in [0.15, 0.2) is 0 Å². The van der Waals surface area contributed by atoms with Gasteiger partial charge in [-0.05, 0) is 34.8 Å². The molecule has 2 nitrogen and oxygen atoms in total. The van der Waals surface area contributed by atoms with Crippen molar-refractivity contribution >= 4 is 24.0 Å². The Morgan fingerprint density at radius 1 is 0.759 bits per heavy atom. The molecule has 2 aromatic carbocycles. The molecule has 4 aromatic rings. The minimum absolute atomic E-state index is 0.895. The van der Waals surface area contributed by atoms with Gasteiger partial charge in [-0.15, -0.1) is 0 Å². The third kappa shape index (κ3) is 4.16. The van der Waals surface area contributed by atoms with Crippen molar-refractivity contribution in [1.29, 1.82) is 0 Å². The molecule has 0 radical (unpaired) electrons. The lowest BCUT2D eigenvalue weighted by Crippen LogP contribution is -2.38. The van der Waals surface area contributed by atoms with E-state index < -0.39 is 8.07 Å². The highest BCUT2D eigenvalue weighted by molar-refractivity contribution is 6.89. The average molecular weight is 392 g/mol. The van der Waals surface area contributed by atoms with Crippen LogP contribution in [0.1, 0.15) is 22.3 Å². The molecular formula is C26H21NOSi. The first kappa shape index (κ1) is 18.8. The van der Waals surface area contributed by atoms with Gasteiger partial charge >= 0.3 is 0 Å². The topological polar surface area (TPSA) is 26.0 Å². The largest absolute Gasteiger partial charge is 0.471 e. The molecule has 2 aromatic heterocycles. The molecule has 2 heterocycles. The molecule has 140 valence electrons. The van der Waals surface area contributed by atoms with E-state index in [1.54, 1.807) is 18.7 Å². The highest BCUT2D eigenvalue weighted by atomic mass is 28.3. The Bertz CT molecular complexity index is 1280. The number of hydrogen-bond acceptors (Lipinski definition) is 2. The number of aromatic nitrogens is 1. The number of hydrogen-bond donors (Lipinski definition) is 0. The van der Waals surface area contributed by atoms with Gasteiger partial charge in [-0.3, -0.25) is 4.98 Å². The Kier molecular flexibility index (Phi) is 5.08. The Balaban J connectivity index is 1.82. The minimum Gasteiger partial charge on any atom is -0.471 e. The molecule has 0 fully saturated rings. The van der Waals surface area contributed by atoms with Gasteiger partial charge in [0, 0.05) is 34.5 Å². The van der Waals surface area contributed by atoms with Crippen LogP contribution in [-0.4, -0.2) is 13.1 Å². The van der Waals surface area contributed by atoms with Crippen molar-refractivity contribution in [1.82, 2.24) is 4.98 Å². The quantitative estimate of drug-likeness (QED) is 0.330. The zero-order valence-electron chi connectivity index (χ0n) is 16.8. The predicted octanol–water partition coefficient (Wildman–Crippen LogP) is 5.17. The van der Waals surface area contributed by atoms with Crippen LogP contribution in [0.3, 0.4) is 0 Å². The van der Waals surface area contributed by atoms with Crippen molar-refractivity contribution in [2.45, 2.75) is 19.6 Å². The van der Waals surface area contributed by atoms with Gasteiger partial charge in [-0.1, -0.05) is 67.6 Å². The third-order valence-electron chi connectivity index (χ3n) is 4.71. The van der Waals surface area contributed by atoms with Gasteiger partial charge in [-0.25, -0.2) is 0 Å². The lowest BCUT2D eigenvalue weighted by Gasteiger charge is -2.13. The maximum atomic E-state index is 5.46. The molecule has 0 bridgehead atoms. The Morgan fingerprint density at radius 3 is 2.10 bits per heavy atom. The van der Waals surface area contributed by atoms with E-state index in [0.29, 0.717) is 0 Å². The van der Waals surface area contributed by atoms with Crippen LogP contribution in [-0.2, 0) is 0 Å². The summed E-state index contributed by atoms with van der Waals surface area (Å²) in [4.78, 5) is 4.13. The second-order valence-electron chi connectivity index (χ2n) is 7.90. The lowest BCUT2D eigenvalue weighted by molar-refractivity contribution is 0.568. The molecule has 0 saturated carbocycles. The van der Waals surface area contributed by atoms with Crippen LogP contribution in [0.4, 0.5) is 0 Å². The van der Waals surface area contributed by atoms with Gasteiger partial charge in [0.2, 0.25) is 0 Å². The average Bonchev–Trinajstić information content (AvgIpc) is 3.20. The number of fused-ring (bicyclic) bond motifs is 1. The lowest BCUT2D eigenvalue weighted by atomic mass is 9.99. The number of nitrogens with zero attached hydrogens (tertiary/aromatic N) is 1. The highest BCUT2D eigenvalue weighted by Crippen LogP contribution is 2.22. The molecule has 0 aliphatic heterocycles. The SMILES string of the molecule is C[Si](C)(C)c1cocc1C#Cc1cccc2cccc(C#Cc3cccnc3)c12. The molecule has 0 atom stereocenters. The summed E-state index contributed by atoms with van der Waals surface area (Å²) in [5.74, 6) is 13.2. The van der Waals surface area contributed by atoms with E-state index in [-0.39, 0.29) is 0 Å². The molecule has 0 N–H and O–H groups in total. The predicted molar refractivity (Wildman–Crippen MR) is 122 cm³/mol. The minimum atomic E-state index is -1.50. The van der Waals surface area contributed by atoms with Crippen LogP contribution in [0.25, 0.3) is 10.8 Å². The van der Waals surface area contributed by atoms with Crippen molar-refractivity contribution in [3.63, 3.8) is 0 Å². The highest BCUT2D eigenvalue weighted by Gasteiger charge is 2.21. The van der Waals surface area contributed by atoms with Gasteiger partial charge in [0.25, 0.3) is 0 Å².